The Bertz CT molecular complexity index is 1230. The van der Waals surface area contributed by atoms with Gasteiger partial charge in [-0.3, -0.25) is 8.37 Å². The summed E-state index contributed by atoms with van der Waals surface area (Å²) < 4.78 is 86.1. The summed E-state index contributed by atoms with van der Waals surface area (Å²) in [6.45, 7) is 9.63. The van der Waals surface area contributed by atoms with E-state index in [0.29, 0.717) is 0 Å². The summed E-state index contributed by atoms with van der Waals surface area (Å²) in [7, 11) is -8.14. The first-order valence-corrected chi connectivity index (χ1v) is 15.0. The second-order valence-corrected chi connectivity index (χ2v) is 13.6. The third-order valence-electron chi connectivity index (χ3n) is 6.16. The monoisotopic (exact) mass is 570 g/mol. The van der Waals surface area contributed by atoms with Crippen LogP contribution >= 0.6 is 0 Å². The lowest BCUT2D eigenvalue weighted by molar-refractivity contribution is -0.425. The number of hydrogen-bond donors (Lipinski definition) is 0. The van der Waals surface area contributed by atoms with Gasteiger partial charge in [0.05, 0.1) is 23.0 Å². The molecule has 0 bridgehead atoms. The molecule has 0 unspecified atom stereocenters. The molecule has 0 N–H and O–H groups in total. The molecule has 210 valence electrons. The Morgan fingerprint density at radius 1 is 0.605 bits per heavy atom. The molecular weight excluding hydrogens is 536 g/mol. The van der Waals surface area contributed by atoms with E-state index in [1.807, 2.05) is 13.8 Å². The molecule has 0 amide bonds. The fourth-order valence-electron chi connectivity index (χ4n) is 4.40. The fraction of sp³-hybridized carbons (Fsp3) is 0.538. The molecule has 0 aromatic heterocycles. The minimum Gasteiger partial charge on any atom is -0.342 e. The van der Waals surface area contributed by atoms with Crippen molar-refractivity contribution in [2.24, 2.45) is 0 Å². The maximum absolute atomic E-state index is 12.8. The minimum atomic E-state index is -4.07. The molecule has 2 aliphatic heterocycles. The van der Waals surface area contributed by atoms with Crippen LogP contribution in [0, 0.1) is 13.8 Å². The van der Waals surface area contributed by atoms with E-state index in [4.69, 9.17) is 27.3 Å². The van der Waals surface area contributed by atoms with Gasteiger partial charge in [-0.15, -0.1) is 0 Å². The molecule has 10 nitrogen and oxygen atoms in total. The van der Waals surface area contributed by atoms with Crippen LogP contribution in [0.25, 0.3) is 0 Å². The molecule has 0 radical (unpaired) electrons. The molecule has 2 fully saturated rings. The standard InChI is InChI=1S/C26H34O10S2/c1-17-7-11-19(12-8-17)37(27,28)31-15-21-23-24(36-25(3,4)33-21)22(34-26(5,6)35-23)16-32-38(29,30)20-13-9-18(2)10-14-20/h7-14,21-24H,15-16H2,1-6H3/t21-,22-,23+,24+/m0/s1. The molecule has 2 saturated heterocycles. The maximum atomic E-state index is 12.8. The Morgan fingerprint density at radius 2 is 0.921 bits per heavy atom. The number of hydrogen-bond acceptors (Lipinski definition) is 10. The topological polar surface area (TPSA) is 124 Å². The van der Waals surface area contributed by atoms with Crippen LogP contribution in [0.1, 0.15) is 38.8 Å². The molecule has 0 aliphatic carbocycles. The van der Waals surface area contributed by atoms with Crippen LogP contribution in [-0.2, 0) is 47.5 Å². The van der Waals surface area contributed by atoms with Gasteiger partial charge in [0.2, 0.25) is 0 Å². The molecule has 2 aromatic carbocycles. The van der Waals surface area contributed by atoms with Crippen molar-refractivity contribution in [3.63, 3.8) is 0 Å². The molecule has 0 spiro atoms. The average molecular weight is 571 g/mol. The summed E-state index contributed by atoms with van der Waals surface area (Å²) in [6, 6.07) is 12.6. The molecule has 4 rings (SSSR count). The van der Waals surface area contributed by atoms with Crippen molar-refractivity contribution in [3.05, 3.63) is 59.7 Å². The zero-order valence-electron chi connectivity index (χ0n) is 22.2. The Hall–Kier alpha value is -1.90. The molecular formula is C26H34O10S2. The van der Waals surface area contributed by atoms with E-state index in [1.165, 1.54) is 24.3 Å². The van der Waals surface area contributed by atoms with E-state index in [1.54, 1.807) is 52.0 Å². The Morgan fingerprint density at radius 3 is 1.24 bits per heavy atom. The van der Waals surface area contributed by atoms with E-state index < -0.39 is 56.2 Å². The van der Waals surface area contributed by atoms with Crippen LogP contribution < -0.4 is 0 Å². The van der Waals surface area contributed by atoms with Gasteiger partial charge in [0.15, 0.2) is 11.6 Å². The lowest BCUT2D eigenvalue weighted by atomic mass is 9.98. The quantitative estimate of drug-likeness (QED) is 0.436. The predicted molar refractivity (Wildman–Crippen MR) is 136 cm³/mol. The van der Waals surface area contributed by atoms with Crippen LogP contribution in [-0.4, -0.2) is 66.0 Å². The van der Waals surface area contributed by atoms with Crippen LogP contribution in [0.15, 0.2) is 58.3 Å². The van der Waals surface area contributed by atoms with Gasteiger partial charge < -0.3 is 18.9 Å². The van der Waals surface area contributed by atoms with Crippen molar-refractivity contribution in [2.75, 3.05) is 13.2 Å². The predicted octanol–water partition coefficient (Wildman–Crippen LogP) is 3.45. The molecule has 38 heavy (non-hydrogen) atoms. The average Bonchev–Trinajstić information content (AvgIpc) is 2.81. The zero-order chi connectivity index (χ0) is 27.9. The highest BCUT2D eigenvalue weighted by atomic mass is 32.2. The van der Waals surface area contributed by atoms with Crippen molar-refractivity contribution in [3.8, 4) is 0 Å². The van der Waals surface area contributed by atoms with Gasteiger partial charge >= 0.3 is 0 Å². The second-order valence-electron chi connectivity index (χ2n) is 10.4. The third-order valence-corrected chi connectivity index (χ3v) is 8.75. The highest BCUT2D eigenvalue weighted by molar-refractivity contribution is 7.87. The number of rotatable bonds is 8. The van der Waals surface area contributed by atoms with E-state index in [0.717, 1.165) is 11.1 Å². The van der Waals surface area contributed by atoms with Crippen LogP contribution in [0.2, 0.25) is 0 Å². The van der Waals surface area contributed by atoms with Gasteiger partial charge in [-0.1, -0.05) is 35.4 Å². The summed E-state index contributed by atoms with van der Waals surface area (Å²) in [4.78, 5) is 0.0403. The van der Waals surface area contributed by atoms with Gasteiger partial charge in [0.1, 0.15) is 24.4 Å². The van der Waals surface area contributed by atoms with Crippen molar-refractivity contribution in [1.82, 2.24) is 0 Å². The zero-order valence-corrected chi connectivity index (χ0v) is 23.9. The van der Waals surface area contributed by atoms with Crippen LogP contribution in [0.3, 0.4) is 0 Å². The van der Waals surface area contributed by atoms with Gasteiger partial charge in [-0.05, 0) is 65.8 Å². The number of aryl methyl sites for hydroxylation is 2. The largest absolute Gasteiger partial charge is 0.342 e. The normalized spacial score (nSPS) is 27.0. The summed E-state index contributed by atoms with van der Waals surface area (Å²) in [5.41, 5.74) is 1.83. The van der Waals surface area contributed by atoms with Gasteiger partial charge in [0, 0.05) is 0 Å². The first kappa shape index (κ1) is 29.1. The Kier molecular flexibility index (Phi) is 8.10. The van der Waals surface area contributed by atoms with Gasteiger partial charge in [-0.25, -0.2) is 0 Å². The first-order chi connectivity index (χ1) is 17.6. The van der Waals surface area contributed by atoms with E-state index in [-0.39, 0.29) is 23.0 Å². The van der Waals surface area contributed by atoms with E-state index in [9.17, 15) is 16.8 Å². The molecule has 2 aliphatic rings. The van der Waals surface area contributed by atoms with Crippen LogP contribution in [0.4, 0.5) is 0 Å². The molecule has 12 heteroatoms. The lowest BCUT2D eigenvalue weighted by Crippen LogP contribution is -2.67. The Labute approximate surface area is 224 Å². The van der Waals surface area contributed by atoms with E-state index in [2.05, 4.69) is 0 Å². The SMILES string of the molecule is Cc1ccc(S(=O)(=O)OC[C@@H]2OC(C)(C)O[C@H]3[C@@H]2OC(C)(C)O[C@H]3COS(=O)(=O)c2ccc(C)cc2)cc1. The van der Waals surface area contributed by atoms with Crippen molar-refractivity contribution >= 4 is 20.2 Å². The van der Waals surface area contributed by atoms with Crippen LogP contribution in [0.5, 0.6) is 0 Å². The van der Waals surface area contributed by atoms with Gasteiger partial charge in [-0.2, -0.15) is 16.8 Å². The fourth-order valence-corrected chi connectivity index (χ4v) is 6.24. The summed E-state index contributed by atoms with van der Waals surface area (Å²) >= 11 is 0. The lowest BCUT2D eigenvalue weighted by Gasteiger charge is -2.53. The van der Waals surface area contributed by atoms with Crippen molar-refractivity contribution in [1.29, 1.82) is 0 Å². The first-order valence-electron chi connectivity index (χ1n) is 12.2. The smallest absolute Gasteiger partial charge is 0.297 e. The highest BCUT2D eigenvalue weighted by Gasteiger charge is 2.54. The second kappa shape index (κ2) is 10.6. The molecule has 4 atom stereocenters. The number of benzene rings is 2. The summed E-state index contributed by atoms with van der Waals surface area (Å²) in [5.74, 6) is -2.35. The van der Waals surface area contributed by atoms with Gasteiger partial charge in [0.25, 0.3) is 20.2 Å². The third kappa shape index (κ3) is 6.80. The number of ether oxygens (including phenoxy) is 4. The molecule has 0 saturated carbocycles. The van der Waals surface area contributed by atoms with Crippen molar-refractivity contribution < 1.29 is 44.1 Å². The molecule has 2 heterocycles. The van der Waals surface area contributed by atoms with E-state index >= 15 is 0 Å². The summed E-state index contributed by atoms with van der Waals surface area (Å²) in [6.07, 6.45) is -3.42. The maximum Gasteiger partial charge on any atom is 0.297 e. The van der Waals surface area contributed by atoms with Crippen molar-refractivity contribution in [2.45, 2.75) is 87.3 Å². The highest BCUT2D eigenvalue weighted by Crippen LogP contribution is 2.39. The summed E-state index contributed by atoms with van der Waals surface area (Å²) in [5, 5.41) is 0. The molecule has 2 aromatic rings. The number of fused-ring (bicyclic) bond motifs is 1. The minimum absolute atomic E-state index is 0.0202. The Balaban J connectivity index is 1.53.